The number of carbonyl (C=O) groups is 2. The van der Waals surface area contributed by atoms with Crippen LogP contribution < -0.4 is 20.7 Å². The molecule has 4 N–H and O–H groups in total. The maximum absolute atomic E-state index is 12.0. The van der Waals surface area contributed by atoms with Crippen LogP contribution in [0.25, 0.3) is 0 Å². The van der Waals surface area contributed by atoms with Gasteiger partial charge in [-0.1, -0.05) is 6.07 Å². The first-order valence-electron chi connectivity index (χ1n) is 7.15. The number of benzene rings is 1. The zero-order valence-corrected chi connectivity index (χ0v) is 12.2. The molecule has 1 aromatic rings. The summed E-state index contributed by atoms with van der Waals surface area (Å²) < 4.78 is 5.12. The SMILES string of the molecule is COc1cccc(NC(=O)C[NH+]2CCC(C(N)=O)CC2)c1. The van der Waals surface area contributed by atoms with E-state index in [4.69, 9.17) is 10.5 Å². The van der Waals surface area contributed by atoms with E-state index in [9.17, 15) is 9.59 Å². The number of nitrogens with one attached hydrogen (secondary N) is 2. The van der Waals surface area contributed by atoms with E-state index in [2.05, 4.69) is 5.32 Å². The zero-order chi connectivity index (χ0) is 15.2. The Morgan fingerprint density at radius 3 is 2.71 bits per heavy atom. The molecule has 0 spiro atoms. The average molecular weight is 292 g/mol. The van der Waals surface area contributed by atoms with Crippen LogP contribution in [0.3, 0.4) is 0 Å². The van der Waals surface area contributed by atoms with Gasteiger partial charge in [-0.3, -0.25) is 9.59 Å². The minimum atomic E-state index is -0.227. The van der Waals surface area contributed by atoms with Crippen molar-refractivity contribution in [2.24, 2.45) is 11.7 Å². The van der Waals surface area contributed by atoms with Crippen molar-refractivity contribution in [2.75, 3.05) is 32.1 Å². The van der Waals surface area contributed by atoms with Gasteiger partial charge in [0, 0.05) is 30.5 Å². The maximum Gasteiger partial charge on any atom is 0.279 e. The Balaban J connectivity index is 1.81. The molecule has 0 radical (unpaired) electrons. The molecule has 6 nitrogen and oxygen atoms in total. The summed E-state index contributed by atoms with van der Waals surface area (Å²) in [6.45, 7) is 2.01. The molecule has 1 aliphatic rings. The molecule has 1 fully saturated rings. The number of hydrogen-bond acceptors (Lipinski definition) is 3. The largest absolute Gasteiger partial charge is 0.497 e. The molecule has 1 heterocycles. The van der Waals surface area contributed by atoms with Gasteiger partial charge in [0.25, 0.3) is 5.91 Å². The van der Waals surface area contributed by atoms with Crippen LogP contribution in [0.5, 0.6) is 5.75 Å². The standard InChI is InChI=1S/C15H21N3O3/c1-21-13-4-2-3-12(9-13)17-14(19)10-18-7-5-11(6-8-18)15(16)20/h2-4,9,11H,5-8,10H2,1H3,(H2,16,20)(H,17,19)/p+1. The molecule has 1 saturated heterocycles. The highest BCUT2D eigenvalue weighted by Gasteiger charge is 2.26. The number of piperidine rings is 1. The van der Waals surface area contributed by atoms with Gasteiger partial charge < -0.3 is 20.7 Å². The molecular formula is C15H22N3O3+. The third kappa shape index (κ3) is 4.46. The number of hydrogen-bond donors (Lipinski definition) is 3. The molecule has 0 atom stereocenters. The number of carbonyl (C=O) groups excluding carboxylic acids is 2. The molecule has 2 amide bonds. The summed E-state index contributed by atoms with van der Waals surface area (Å²) in [5.41, 5.74) is 6.03. The highest BCUT2D eigenvalue weighted by Crippen LogP contribution is 2.16. The van der Waals surface area contributed by atoms with Gasteiger partial charge in [-0.15, -0.1) is 0 Å². The van der Waals surface area contributed by atoms with Crippen molar-refractivity contribution in [1.82, 2.24) is 0 Å². The molecule has 6 heteroatoms. The van der Waals surface area contributed by atoms with Crippen molar-refractivity contribution in [1.29, 1.82) is 0 Å². The Kier molecular flexibility index (Phi) is 5.16. The molecular weight excluding hydrogens is 270 g/mol. The van der Waals surface area contributed by atoms with Gasteiger partial charge >= 0.3 is 0 Å². The Labute approximate surface area is 124 Å². The Bertz CT molecular complexity index is 511. The fraction of sp³-hybridized carbons (Fsp3) is 0.467. The van der Waals surface area contributed by atoms with Crippen LogP contribution in [0.2, 0.25) is 0 Å². The lowest BCUT2D eigenvalue weighted by Crippen LogP contribution is -3.14. The van der Waals surface area contributed by atoms with E-state index in [1.54, 1.807) is 13.2 Å². The molecule has 0 aliphatic carbocycles. The number of anilines is 1. The minimum Gasteiger partial charge on any atom is -0.497 e. The second-order valence-corrected chi connectivity index (χ2v) is 5.38. The number of quaternary nitrogens is 1. The molecule has 21 heavy (non-hydrogen) atoms. The summed E-state index contributed by atoms with van der Waals surface area (Å²) in [6.07, 6.45) is 1.52. The van der Waals surface area contributed by atoms with E-state index in [1.165, 1.54) is 4.90 Å². The topological polar surface area (TPSA) is 85.9 Å². The highest BCUT2D eigenvalue weighted by atomic mass is 16.5. The van der Waals surface area contributed by atoms with Crippen LogP contribution in [0, 0.1) is 5.92 Å². The Morgan fingerprint density at radius 2 is 2.10 bits per heavy atom. The summed E-state index contributed by atoms with van der Waals surface area (Å²) in [6, 6.07) is 7.27. The molecule has 114 valence electrons. The van der Waals surface area contributed by atoms with E-state index >= 15 is 0 Å². The van der Waals surface area contributed by atoms with Crippen molar-refractivity contribution < 1.29 is 19.2 Å². The maximum atomic E-state index is 12.0. The van der Waals surface area contributed by atoms with Gasteiger partial charge in [0.15, 0.2) is 6.54 Å². The van der Waals surface area contributed by atoms with Gasteiger partial charge in [0.05, 0.1) is 20.2 Å². The predicted molar refractivity (Wildman–Crippen MR) is 79.1 cm³/mol. The van der Waals surface area contributed by atoms with Crippen LogP contribution in [-0.4, -0.2) is 38.6 Å². The molecule has 1 aromatic carbocycles. The molecule has 0 saturated carbocycles. The predicted octanol–water partition coefficient (Wildman–Crippen LogP) is -0.586. The highest BCUT2D eigenvalue weighted by molar-refractivity contribution is 5.91. The third-order valence-electron chi connectivity index (χ3n) is 3.86. The van der Waals surface area contributed by atoms with E-state index < -0.39 is 0 Å². The number of primary amides is 1. The molecule has 1 aliphatic heterocycles. The monoisotopic (exact) mass is 292 g/mol. The Morgan fingerprint density at radius 1 is 1.38 bits per heavy atom. The first kappa shape index (κ1) is 15.3. The number of amides is 2. The smallest absolute Gasteiger partial charge is 0.279 e. The van der Waals surface area contributed by atoms with Crippen molar-refractivity contribution in [3.05, 3.63) is 24.3 Å². The third-order valence-corrected chi connectivity index (χ3v) is 3.86. The Hall–Kier alpha value is -2.08. The second-order valence-electron chi connectivity index (χ2n) is 5.38. The summed E-state index contributed by atoms with van der Waals surface area (Å²) in [4.78, 5) is 24.3. The number of rotatable bonds is 5. The number of likely N-dealkylation sites (tertiary alicyclic amines) is 1. The quantitative estimate of drug-likeness (QED) is 0.678. The zero-order valence-electron chi connectivity index (χ0n) is 12.2. The van der Waals surface area contributed by atoms with Gasteiger partial charge in [-0.05, 0) is 12.1 Å². The van der Waals surface area contributed by atoms with Crippen molar-refractivity contribution >= 4 is 17.5 Å². The summed E-state index contributed by atoms with van der Waals surface area (Å²) in [5.74, 6) is 0.420. The fourth-order valence-electron chi connectivity index (χ4n) is 2.62. The van der Waals surface area contributed by atoms with Gasteiger partial charge in [0.2, 0.25) is 5.91 Å². The lowest BCUT2D eigenvalue weighted by Gasteiger charge is -2.27. The van der Waals surface area contributed by atoms with Crippen LogP contribution in [-0.2, 0) is 9.59 Å². The number of nitrogens with two attached hydrogens (primary N) is 1. The average Bonchev–Trinajstić information content (AvgIpc) is 2.47. The normalized spacial score (nSPS) is 21.6. The lowest BCUT2D eigenvalue weighted by atomic mass is 9.96. The summed E-state index contributed by atoms with van der Waals surface area (Å²) in [7, 11) is 1.59. The minimum absolute atomic E-state index is 0.0317. The fourth-order valence-corrected chi connectivity index (χ4v) is 2.62. The molecule has 0 aromatic heterocycles. The van der Waals surface area contributed by atoms with E-state index in [0.29, 0.717) is 12.3 Å². The number of methoxy groups -OCH3 is 1. The lowest BCUT2D eigenvalue weighted by molar-refractivity contribution is -0.897. The molecule has 0 unspecified atom stereocenters. The molecule has 2 rings (SSSR count). The van der Waals surface area contributed by atoms with Gasteiger partial charge in [-0.2, -0.15) is 0 Å². The number of ether oxygens (including phenoxy) is 1. The van der Waals surface area contributed by atoms with E-state index in [-0.39, 0.29) is 17.7 Å². The first-order valence-corrected chi connectivity index (χ1v) is 7.15. The van der Waals surface area contributed by atoms with Crippen LogP contribution >= 0.6 is 0 Å². The van der Waals surface area contributed by atoms with Crippen molar-refractivity contribution in [2.45, 2.75) is 12.8 Å². The summed E-state index contributed by atoms with van der Waals surface area (Å²) >= 11 is 0. The van der Waals surface area contributed by atoms with Crippen LogP contribution in [0.4, 0.5) is 5.69 Å². The van der Waals surface area contributed by atoms with E-state index in [0.717, 1.165) is 31.6 Å². The van der Waals surface area contributed by atoms with Crippen LogP contribution in [0.1, 0.15) is 12.8 Å². The second kappa shape index (κ2) is 7.08. The summed E-state index contributed by atoms with van der Waals surface area (Å²) in [5, 5.41) is 2.87. The first-order chi connectivity index (χ1) is 10.1. The van der Waals surface area contributed by atoms with Gasteiger partial charge in [-0.25, -0.2) is 0 Å². The molecule has 0 bridgehead atoms. The van der Waals surface area contributed by atoms with E-state index in [1.807, 2.05) is 18.2 Å². The van der Waals surface area contributed by atoms with Crippen molar-refractivity contribution in [3.8, 4) is 5.75 Å². The van der Waals surface area contributed by atoms with Crippen molar-refractivity contribution in [3.63, 3.8) is 0 Å². The van der Waals surface area contributed by atoms with Crippen LogP contribution in [0.15, 0.2) is 24.3 Å². The van der Waals surface area contributed by atoms with Gasteiger partial charge in [0.1, 0.15) is 5.75 Å².